The molecule has 0 bridgehead atoms. The molecule has 0 heterocycles. The molecule has 0 aliphatic rings. The molecule has 0 unspecified atom stereocenters. The van der Waals surface area contributed by atoms with E-state index in [1.54, 1.807) is 0 Å². The maximum absolute atomic E-state index is 8.63. The van der Waals surface area contributed by atoms with Crippen molar-refractivity contribution in [3.63, 3.8) is 0 Å². The van der Waals surface area contributed by atoms with Gasteiger partial charge < -0.3 is 9.80 Å². The third-order valence-electron chi connectivity index (χ3n) is 14.3. The summed E-state index contributed by atoms with van der Waals surface area (Å²) >= 11 is -6.02. The molecule has 0 saturated heterocycles. The third kappa shape index (κ3) is 75.2. The van der Waals surface area contributed by atoms with Gasteiger partial charge in [0.05, 0.1) is 39.3 Å². The molecule has 0 aromatic heterocycles. The summed E-state index contributed by atoms with van der Waals surface area (Å²) in [6.45, 7) is 22.6. The molecule has 0 saturated carbocycles. The van der Waals surface area contributed by atoms with Crippen molar-refractivity contribution in [2.45, 2.75) is 350 Å². The van der Waals surface area contributed by atoms with Crippen LogP contribution in [-0.2, 0) is 23.5 Å². The van der Waals surface area contributed by atoms with Gasteiger partial charge in [-0.1, -0.05) is 273 Å². The molecule has 0 spiro atoms. The Morgan fingerprint density at radius 3 is 0.403 bits per heavy atom. The standard InChI is InChI=1S/2C30H63N.Mo.4O/c2*1-4-7-10-13-16-19-22-25-28-31(29-26-23-20-17-14-11-8-5-2)30-27-24-21-18-15-12-9-6-3;;;;;/h2*4-30H2,1-3H3;;;;;/q;;;;;2*-1/p+2. The van der Waals surface area contributed by atoms with Gasteiger partial charge in [-0.3, -0.25) is 0 Å². The fourth-order valence-electron chi connectivity index (χ4n) is 9.80. The molecule has 67 heavy (non-hydrogen) atoms. The third-order valence-corrected chi connectivity index (χ3v) is 14.3. The summed E-state index contributed by atoms with van der Waals surface area (Å²) in [7, 11) is 0. The van der Waals surface area contributed by atoms with Gasteiger partial charge in [-0.2, -0.15) is 0 Å². The molecule has 0 aromatic rings. The first kappa shape index (κ1) is 71.4. The Hall–Kier alpha value is 0.128. The topological polar surface area (TPSA) is 89.1 Å². The zero-order valence-electron chi connectivity index (χ0n) is 47.2. The van der Waals surface area contributed by atoms with Crippen molar-refractivity contribution >= 4 is 0 Å². The van der Waals surface area contributed by atoms with E-state index in [0.717, 1.165) is 0 Å². The van der Waals surface area contributed by atoms with Gasteiger partial charge in [0.2, 0.25) is 0 Å². The second-order valence-corrected chi connectivity index (χ2v) is 23.3. The van der Waals surface area contributed by atoms with Gasteiger partial charge in [-0.05, 0) is 77.0 Å². The Kier molecular flexibility index (Phi) is 68.3. The van der Waals surface area contributed by atoms with Gasteiger partial charge in [0.25, 0.3) is 0 Å². The summed E-state index contributed by atoms with van der Waals surface area (Å²) in [5.41, 5.74) is 0. The van der Waals surface area contributed by atoms with Crippen LogP contribution in [0, 0.1) is 0 Å². The van der Waals surface area contributed by atoms with Crippen LogP contribution in [0.25, 0.3) is 0 Å². The molecule has 0 radical (unpaired) electrons. The SMILES string of the molecule is CCCCCCCCCC[NH+](CCCCCCCCCC)CCCCCCCCCC.CCCCCCCCCC[NH+](CCCCCCCCCC)CCCCCCCCCC.[O]=[Mo](=[O])([O-])[O-]. The van der Waals surface area contributed by atoms with E-state index in [1.807, 2.05) is 9.80 Å². The van der Waals surface area contributed by atoms with E-state index in [9.17, 15) is 0 Å². The van der Waals surface area contributed by atoms with E-state index in [0.29, 0.717) is 0 Å². The predicted octanol–water partition coefficient (Wildman–Crippen LogP) is 16.0. The Balaban J connectivity index is -0.00000111. The Morgan fingerprint density at radius 2 is 0.299 bits per heavy atom. The van der Waals surface area contributed by atoms with Gasteiger partial charge in [-0.15, -0.1) is 0 Å². The number of nitrogens with one attached hydrogen (secondary N) is 2. The summed E-state index contributed by atoms with van der Waals surface area (Å²) in [6, 6.07) is 0. The van der Waals surface area contributed by atoms with Crippen LogP contribution in [0.1, 0.15) is 350 Å². The van der Waals surface area contributed by atoms with Crippen molar-refractivity contribution in [2.24, 2.45) is 0 Å². The molecule has 2 N–H and O–H groups in total. The number of rotatable bonds is 54. The minimum absolute atomic E-state index is 1.37. The summed E-state index contributed by atoms with van der Waals surface area (Å²) in [5, 5.41) is 0. The van der Waals surface area contributed by atoms with Crippen molar-refractivity contribution in [1.82, 2.24) is 0 Å². The van der Waals surface area contributed by atoms with Crippen LogP contribution in [0.15, 0.2) is 0 Å². The second kappa shape index (κ2) is 64.1. The van der Waals surface area contributed by atoms with Gasteiger partial charge >= 0.3 is 31.1 Å². The van der Waals surface area contributed by atoms with E-state index in [-0.39, 0.29) is 0 Å². The fraction of sp³-hybridized carbons (Fsp3) is 1.00. The van der Waals surface area contributed by atoms with Gasteiger partial charge in [0.15, 0.2) is 0 Å². The summed E-state index contributed by atoms with van der Waals surface area (Å²) in [6.07, 6.45) is 69.9. The van der Waals surface area contributed by atoms with Crippen LogP contribution < -0.4 is 17.3 Å². The molecule has 0 aliphatic carbocycles. The van der Waals surface area contributed by atoms with Crippen LogP contribution >= 0.6 is 0 Å². The molecule has 408 valence electrons. The number of quaternary nitrogens is 2. The summed E-state index contributed by atoms with van der Waals surface area (Å²) in [4.78, 5) is 3.87. The Morgan fingerprint density at radius 1 is 0.209 bits per heavy atom. The van der Waals surface area contributed by atoms with Crippen molar-refractivity contribution in [2.75, 3.05) is 39.3 Å². The van der Waals surface area contributed by atoms with Crippen molar-refractivity contribution < 1.29 is 40.9 Å². The summed E-state index contributed by atoms with van der Waals surface area (Å²) < 4.78 is 34.5. The molecule has 0 aromatic carbocycles. The number of unbranched alkanes of at least 4 members (excludes halogenated alkanes) is 42. The van der Waals surface area contributed by atoms with Crippen molar-refractivity contribution in [3.05, 3.63) is 0 Å². The molecule has 0 amide bonds. The first-order valence-electron chi connectivity index (χ1n) is 31.0. The molecule has 0 aliphatic heterocycles. The van der Waals surface area contributed by atoms with E-state index in [4.69, 9.17) is 14.3 Å². The average Bonchev–Trinajstić information content (AvgIpc) is 3.30. The van der Waals surface area contributed by atoms with Gasteiger partial charge in [-0.25, -0.2) is 0 Å². The van der Waals surface area contributed by atoms with Crippen LogP contribution in [0.4, 0.5) is 0 Å². The van der Waals surface area contributed by atoms with E-state index < -0.39 is 16.7 Å². The first-order chi connectivity index (χ1) is 32.7. The van der Waals surface area contributed by atoms with E-state index in [1.165, 1.54) is 347 Å². The van der Waals surface area contributed by atoms with Gasteiger partial charge in [0.1, 0.15) is 0 Å². The zero-order valence-corrected chi connectivity index (χ0v) is 49.2. The van der Waals surface area contributed by atoms with Crippen molar-refractivity contribution in [3.8, 4) is 0 Å². The molecular weight excluding hydrogens is 909 g/mol. The minimum atomic E-state index is -6.02. The Bertz CT molecular complexity index is 787. The second-order valence-electron chi connectivity index (χ2n) is 21.3. The van der Waals surface area contributed by atoms with E-state index >= 15 is 0 Å². The molecule has 6 nitrogen and oxygen atoms in total. The number of hydrogen-bond acceptors (Lipinski definition) is 4. The predicted molar refractivity (Wildman–Crippen MR) is 288 cm³/mol. The average molecular weight is 1040 g/mol. The van der Waals surface area contributed by atoms with Crippen molar-refractivity contribution in [1.29, 1.82) is 0 Å². The normalized spacial score (nSPS) is 11.6. The van der Waals surface area contributed by atoms with Crippen LogP contribution in [-0.4, -0.2) is 39.3 Å². The molecule has 0 fully saturated rings. The van der Waals surface area contributed by atoms with E-state index in [2.05, 4.69) is 41.5 Å². The quantitative estimate of drug-likeness (QED) is 0.0469. The van der Waals surface area contributed by atoms with Gasteiger partial charge in [0, 0.05) is 0 Å². The summed E-state index contributed by atoms with van der Waals surface area (Å²) in [5.74, 6) is 0. The number of hydrogen-bond donors (Lipinski definition) is 2. The van der Waals surface area contributed by atoms with Crippen LogP contribution in [0.5, 0.6) is 0 Å². The fourth-order valence-corrected chi connectivity index (χ4v) is 9.80. The maximum atomic E-state index is 8.63. The molecule has 0 rings (SSSR count). The van der Waals surface area contributed by atoms with Crippen LogP contribution in [0.3, 0.4) is 0 Å². The zero-order chi connectivity index (χ0) is 49.8. The molecule has 0 atom stereocenters. The first-order valence-corrected chi connectivity index (χ1v) is 34.3. The molecule has 7 heteroatoms. The molecular formula is C60H128MoN2O4. The monoisotopic (exact) mass is 1040 g/mol. The van der Waals surface area contributed by atoms with Crippen LogP contribution in [0.2, 0.25) is 0 Å². The Labute approximate surface area is 427 Å².